The number of esters is 3. The minimum Gasteiger partial charge on any atom is -0.466 e. The number of rotatable bonds is 3. The molecule has 0 unspecified atom stereocenters. The Morgan fingerprint density at radius 1 is 1.23 bits per heavy atom. The second-order valence-corrected chi connectivity index (χ2v) is 8.96. The van der Waals surface area contributed by atoms with E-state index in [4.69, 9.17) is 28.4 Å². The van der Waals surface area contributed by atoms with Gasteiger partial charge in [0.1, 0.15) is 42.2 Å². The van der Waals surface area contributed by atoms with Crippen LogP contribution >= 0.6 is 0 Å². The second kappa shape index (κ2) is 6.38. The van der Waals surface area contributed by atoms with Crippen molar-refractivity contribution in [2.24, 2.45) is 5.92 Å². The fourth-order valence-corrected chi connectivity index (χ4v) is 4.70. The molecule has 0 bridgehead atoms. The molecule has 0 spiro atoms. The minimum atomic E-state index is -1.62. The predicted octanol–water partition coefficient (Wildman–Crippen LogP) is -0.428. The molecule has 4 heterocycles. The van der Waals surface area contributed by atoms with Crippen LogP contribution in [-0.2, 0) is 42.8 Å². The third-order valence-electron chi connectivity index (χ3n) is 7.08. The monoisotopic (exact) mass is 436 g/mol. The van der Waals surface area contributed by atoms with Crippen LogP contribution < -0.4 is 0 Å². The van der Waals surface area contributed by atoms with Crippen molar-refractivity contribution < 1.29 is 47.9 Å². The van der Waals surface area contributed by atoms with Gasteiger partial charge in [0.25, 0.3) is 0 Å². The van der Waals surface area contributed by atoms with Crippen LogP contribution in [-0.4, -0.2) is 84.1 Å². The summed E-state index contributed by atoms with van der Waals surface area (Å²) in [6, 6.07) is 0. The highest BCUT2D eigenvalue weighted by Crippen LogP contribution is 2.55. The first-order chi connectivity index (χ1) is 14.5. The highest BCUT2D eigenvalue weighted by atomic mass is 16.7. The fraction of sp³-hybridized carbons (Fsp3) is 0.667. The van der Waals surface area contributed by atoms with Gasteiger partial charge >= 0.3 is 17.9 Å². The molecule has 168 valence electrons. The number of methoxy groups -OCH3 is 1. The van der Waals surface area contributed by atoms with Crippen LogP contribution in [0.3, 0.4) is 0 Å². The molecule has 4 saturated heterocycles. The summed E-state index contributed by atoms with van der Waals surface area (Å²) >= 11 is 0. The number of carbonyl (C=O) groups excluding carboxylic acids is 3. The predicted molar refractivity (Wildman–Crippen MR) is 99.4 cm³/mol. The third-order valence-corrected chi connectivity index (χ3v) is 7.08. The smallest absolute Gasteiger partial charge is 0.341 e. The molecule has 5 rings (SSSR count). The van der Waals surface area contributed by atoms with E-state index in [2.05, 4.69) is 6.58 Å². The molecule has 4 fully saturated rings. The lowest BCUT2D eigenvalue weighted by atomic mass is 9.80. The van der Waals surface area contributed by atoms with Crippen LogP contribution in [0.5, 0.6) is 0 Å². The Hall–Kier alpha value is -2.27. The molecule has 0 amide bonds. The van der Waals surface area contributed by atoms with Gasteiger partial charge in [0.05, 0.1) is 24.7 Å². The van der Waals surface area contributed by atoms with Crippen molar-refractivity contribution in [1.82, 2.24) is 0 Å². The Morgan fingerprint density at radius 2 is 1.90 bits per heavy atom. The maximum Gasteiger partial charge on any atom is 0.341 e. The van der Waals surface area contributed by atoms with E-state index in [1.165, 1.54) is 13.2 Å². The van der Waals surface area contributed by atoms with Gasteiger partial charge in [-0.25, -0.2) is 14.4 Å². The van der Waals surface area contributed by atoms with Gasteiger partial charge < -0.3 is 33.5 Å². The molecule has 1 aliphatic carbocycles. The summed E-state index contributed by atoms with van der Waals surface area (Å²) in [5.41, 5.74) is -2.06. The van der Waals surface area contributed by atoms with E-state index in [0.717, 1.165) is 0 Å². The van der Waals surface area contributed by atoms with Gasteiger partial charge in [-0.3, -0.25) is 0 Å². The molecule has 0 aromatic rings. The van der Waals surface area contributed by atoms with Gasteiger partial charge in [-0.1, -0.05) is 6.58 Å². The zero-order valence-electron chi connectivity index (χ0n) is 17.5. The van der Waals surface area contributed by atoms with E-state index in [1.54, 1.807) is 13.8 Å². The van der Waals surface area contributed by atoms with Crippen LogP contribution in [0.1, 0.15) is 20.8 Å². The Balaban J connectivity index is 1.57. The van der Waals surface area contributed by atoms with Gasteiger partial charge in [-0.2, -0.15) is 0 Å². The fourth-order valence-electron chi connectivity index (χ4n) is 4.70. The topological polar surface area (TPSA) is 137 Å². The maximum absolute atomic E-state index is 12.8. The molecule has 0 aromatic carbocycles. The minimum absolute atomic E-state index is 0.0210. The average molecular weight is 436 g/mol. The van der Waals surface area contributed by atoms with Crippen LogP contribution in [0.2, 0.25) is 0 Å². The molecule has 31 heavy (non-hydrogen) atoms. The van der Waals surface area contributed by atoms with Crippen LogP contribution in [0.15, 0.2) is 23.8 Å². The number of aliphatic hydroxyl groups is 1. The van der Waals surface area contributed by atoms with E-state index in [1.807, 2.05) is 6.92 Å². The number of carbonyl (C=O) groups is 3. The van der Waals surface area contributed by atoms with Gasteiger partial charge in [-0.15, -0.1) is 0 Å². The molecule has 5 aliphatic rings. The van der Waals surface area contributed by atoms with E-state index in [9.17, 15) is 19.5 Å². The number of hydrogen-bond donors (Lipinski definition) is 1. The molecule has 10 nitrogen and oxygen atoms in total. The van der Waals surface area contributed by atoms with E-state index < -0.39 is 65.5 Å². The van der Waals surface area contributed by atoms with Crippen molar-refractivity contribution in [3.63, 3.8) is 0 Å². The highest BCUT2D eigenvalue weighted by molar-refractivity contribution is 5.93. The van der Waals surface area contributed by atoms with Gasteiger partial charge in [0, 0.05) is 5.57 Å². The Labute approximate surface area is 178 Å². The SMILES string of the molecule is C=C1C(=O)O[C@H]2[C@H]1[C@H](OC(=O)[C@]1(C)O[C@@H]1C)[C@@H](O)/C(C(=O)OC)=C\[C@H]1O[C@H]1[C@]1(C)O[C@H]21. The van der Waals surface area contributed by atoms with Gasteiger partial charge in [-0.05, 0) is 26.8 Å². The molecule has 0 aromatic heterocycles. The van der Waals surface area contributed by atoms with Crippen LogP contribution in [0.25, 0.3) is 0 Å². The van der Waals surface area contributed by atoms with E-state index in [-0.39, 0.29) is 23.4 Å². The Bertz CT molecular complexity index is 925. The summed E-state index contributed by atoms with van der Waals surface area (Å²) in [6.07, 6.45) is -4.20. The Kier molecular flexibility index (Phi) is 4.24. The Morgan fingerprint density at radius 3 is 2.52 bits per heavy atom. The highest BCUT2D eigenvalue weighted by Gasteiger charge is 2.73. The first-order valence-electron chi connectivity index (χ1n) is 10.1. The van der Waals surface area contributed by atoms with Crippen molar-refractivity contribution in [1.29, 1.82) is 0 Å². The lowest BCUT2D eigenvalue weighted by Gasteiger charge is -2.31. The van der Waals surface area contributed by atoms with Gasteiger partial charge in [0.2, 0.25) is 0 Å². The first kappa shape index (κ1) is 20.6. The molecule has 10 atom stereocenters. The largest absolute Gasteiger partial charge is 0.466 e. The molecule has 1 N–H and O–H groups in total. The van der Waals surface area contributed by atoms with E-state index >= 15 is 0 Å². The van der Waals surface area contributed by atoms with Crippen molar-refractivity contribution in [2.75, 3.05) is 7.11 Å². The summed E-state index contributed by atoms with van der Waals surface area (Å²) in [5, 5.41) is 11.2. The summed E-state index contributed by atoms with van der Waals surface area (Å²) < 4.78 is 32.9. The average Bonchev–Trinajstić information content (AvgIpc) is 3.66. The third kappa shape index (κ3) is 2.89. The standard InChI is InChI=1S/C21H24O10/c1-7-11-13(29-19(25)20(3)8(2)30-20)12(22)9(18(24)26-5)6-10-15(27-10)21(4)16(31-21)14(11)28-17(7)23/h6,8,10-16,22H,1H2,2-5H3/b9-6+/t8-,10-,11-,12+,13+,14+,15-,16-,20-,21+/m1/s1. The van der Waals surface area contributed by atoms with Crippen molar-refractivity contribution in [2.45, 2.75) is 74.7 Å². The molecule has 0 saturated carbocycles. The van der Waals surface area contributed by atoms with E-state index in [0.29, 0.717) is 0 Å². The van der Waals surface area contributed by atoms with Crippen molar-refractivity contribution >= 4 is 17.9 Å². The lowest BCUT2D eigenvalue weighted by Crippen LogP contribution is -2.48. The second-order valence-electron chi connectivity index (χ2n) is 8.96. The summed E-state index contributed by atoms with van der Waals surface area (Å²) in [4.78, 5) is 37.7. The summed E-state index contributed by atoms with van der Waals surface area (Å²) in [5.74, 6) is -3.16. The number of aliphatic hydroxyl groups excluding tert-OH is 1. The molecule has 4 aliphatic heterocycles. The zero-order valence-corrected chi connectivity index (χ0v) is 17.5. The zero-order chi connectivity index (χ0) is 22.5. The molecule has 10 heteroatoms. The molecular formula is C21H24O10. The number of hydrogen-bond acceptors (Lipinski definition) is 10. The first-order valence-corrected chi connectivity index (χ1v) is 10.1. The molecular weight excluding hydrogens is 412 g/mol. The van der Waals surface area contributed by atoms with Crippen molar-refractivity contribution in [3.05, 3.63) is 23.8 Å². The maximum atomic E-state index is 12.8. The number of epoxide rings is 3. The number of ether oxygens (including phenoxy) is 6. The van der Waals surface area contributed by atoms with Gasteiger partial charge in [0.15, 0.2) is 5.60 Å². The van der Waals surface area contributed by atoms with Crippen molar-refractivity contribution in [3.8, 4) is 0 Å². The summed E-state index contributed by atoms with van der Waals surface area (Å²) in [7, 11) is 1.17. The van der Waals surface area contributed by atoms with Crippen LogP contribution in [0.4, 0.5) is 0 Å². The van der Waals surface area contributed by atoms with Crippen LogP contribution in [0, 0.1) is 5.92 Å². The molecule has 0 radical (unpaired) electrons. The normalized spacial score (nSPS) is 51.2. The number of fused-ring (bicyclic) bond motifs is 5. The summed E-state index contributed by atoms with van der Waals surface area (Å²) in [6.45, 7) is 8.89. The quantitative estimate of drug-likeness (QED) is 0.269. The lowest BCUT2D eigenvalue weighted by molar-refractivity contribution is -0.166.